The minimum absolute atomic E-state index is 0.751. The molecule has 0 saturated heterocycles. The normalized spacial score (nSPS) is 10.1. The van der Waals surface area contributed by atoms with Crippen LogP contribution in [0.4, 0.5) is 0 Å². The number of rotatable bonds is 5. The van der Waals surface area contributed by atoms with E-state index in [9.17, 15) is 0 Å². The van der Waals surface area contributed by atoms with Gasteiger partial charge in [-0.3, -0.25) is 4.98 Å². The Labute approximate surface area is 81.8 Å². The third-order valence-electron chi connectivity index (χ3n) is 1.32. The van der Waals surface area contributed by atoms with E-state index in [2.05, 4.69) is 9.97 Å². The molecule has 0 spiro atoms. The third-order valence-corrected chi connectivity index (χ3v) is 2.58. The molecule has 0 atom stereocenters. The predicted molar refractivity (Wildman–Crippen MR) is 52.7 cm³/mol. The standard InChI is InChI=1S/C8H11ClN2S/c9-3-1-2-6-12-8-7-10-4-5-11-8/h4-5,7H,1-3,6H2. The maximum Gasteiger partial charge on any atom is 0.114 e. The number of nitrogens with zero attached hydrogens (tertiary/aromatic N) is 2. The lowest BCUT2D eigenvalue weighted by Crippen LogP contribution is -1.84. The average Bonchev–Trinajstić information content (AvgIpc) is 2.14. The fourth-order valence-electron chi connectivity index (χ4n) is 0.733. The van der Waals surface area contributed by atoms with Gasteiger partial charge in [0.05, 0.1) is 6.20 Å². The van der Waals surface area contributed by atoms with Crippen molar-refractivity contribution in [3.8, 4) is 0 Å². The molecule has 0 saturated carbocycles. The largest absolute Gasteiger partial charge is 0.260 e. The highest BCUT2D eigenvalue weighted by Crippen LogP contribution is 2.14. The van der Waals surface area contributed by atoms with Gasteiger partial charge in [0.2, 0.25) is 0 Å². The second kappa shape index (κ2) is 6.26. The number of thioether (sulfide) groups is 1. The van der Waals surface area contributed by atoms with E-state index in [1.807, 2.05) is 0 Å². The van der Waals surface area contributed by atoms with E-state index < -0.39 is 0 Å². The van der Waals surface area contributed by atoms with Crippen molar-refractivity contribution in [2.24, 2.45) is 0 Å². The summed E-state index contributed by atoms with van der Waals surface area (Å²) in [6.45, 7) is 0. The van der Waals surface area contributed by atoms with Crippen molar-refractivity contribution in [1.82, 2.24) is 9.97 Å². The molecule has 0 fully saturated rings. The Balaban J connectivity index is 2.16. The van der Waals surface area contributed by atoms with E-state index in [1.165, 1.54) is 0 Å². The Morgan fingerprint density at radius 1 is 1.33 bits per heavy atom. The quantitative estimate of drug-likeness (QED) is 0.417. The molecule has 0 aliphatic carbocycles. The van der Waals surface area contributed by atoms with Crippen molar-refractivity contribution in [2.75, 3.05) is 11.6 Å². The van der Waals surface area contributed by atoms with Crippen molar-refractivity contribution in [3.63, 3.8) is 0 Å². The first kappa shape index (κ1) is 9.81. The van der Waals surface area contributed by atoms with Crippen LogP contribution in [0.15, 0.2) is 23.6 Å². The number of hydrogen-bond acceptors (Lipinski definition) is 3. The minimum atomic E-state index is 0.751. The molecule has 0 amide bonds. The molecule has 0 aromatic carbocycles. The van der Waals surface area contributed by atoms with Crippen LogP contribution in [0.5, 0.6) is 0 Å². The predicted octanol–water partition coefficient (Wildman–Crippen LogP) is 2.59. The van der Waals surface area contributed by atoms with E-state index in [0.29, 0.717) is 0 Å². The van der Waals surface area contributed by atoms with Gasteiger partial charge in [0.15, 0.2) is 0 Å². The smallest absolute Gasteiger partial charge is 0.114 e. The fraction of sp³-hybridized carbons (Fsp3) is 0.500. The molecular formula is C8H11ClN2S. The van der Waals surface area contributed by atoms with Gasteiger partial charge in [0.25, 0.3) is 0 Å². The topological polar surface area (TPSA) is 25.8 Å². The summed E-state index contributed by atoms with van der Waals surface area (Å²) in [7, 11) is 0. The number of unbranched alkanes of at least 4 members (excludes halogenated alkanes) is 1. The Bertz CT molecular complexity index is 205. The summed E-state index contributed by atoms with van der Waals surface area (Å²) >= 11 is 7.27. The van der Waals surface area contributed by atoms with Crippen LogP contribution in [0.1, 0.15) is 12.8 Å². The molecule has 0 N–H and O–H groups in total. The highest BCUT2D eigenvalue weighted by molar-refractivity contribution is 7.99. The summed E-state index contributed by atoms with van der Waals surface area (Å²) in [6, 6.07) is 0. The van der Waals surface area contributed by atoms with Crippen LogP contribution < -0.4 is 0 Å². The van der Waals surface area contributed by atoms with Crippen LogP contribution in [0.25, 0.3) is 0 Å². The molecule has 0 unspecified atom stereocenters. The second-order valence-corrected chi connectivity index (χ2v) is 3.78. The van der Waals surface area contributed by atoms with E-state index in [4.69, 9.17) is 11.6 Å². The second-order valence-electron chi connectivity index (χ2n) is 2.29. The highest BCUT2D eigenvalue weighted by Gasteiger charge is 1.93. The van der Waals surface area contributed by atoms with Crippen LogP contribution in [0.3, 0.4) is 0 Å². The van der Waals surface area contributed by atoms with Crippen LogP contribution >= 0.6 is 23.4 Å². The number of hydrogen-bond donors (Lipinski definition) is 0. The molecule has 12 heavy (non-hydrogen) atoms. The summed E-state index contributed by atoms with van der Waals surface area (Å²) in [5.41, 5.74) is 0. The minimum Gasteiger partial charge on any atom is -0.260 e. The summed E-state index contributed by atoms with van der Waals surface area (Å²) in [5.74, 6) is 1.83. The van der Waals surface area contributed by atoms with Crippen LogP contribution in [0, 0.1) is 0 Å². The molecule has 0 radical (unpaired) electrons. The summed E-state index contributed by atoms with van der Waals surface area (Å²) in [5, 5.41) is 0.993. The van der Waals surface area contributed by atoms with Gasteiger partial charge in [0, 0.05) is 18.3 Å². The molecule has 4 heteroatoms. The maximum absolute atomic E-state index is 5.55. The summed E-state index contributed by atoms with van der Waals surface area (Å²) in [6.07, 6.45) is 7.40. The van der Waals surface area contributed by atoms with Crippen molar-refractivity contribution < 1.29 is 0 Å². The van der Waals surface area contributed by atoms with Crippen molar-refractivity contribution in [1.29, 1.82) is 0 Å². The zero-order valence-electron chi connectivity index (χ0n) is 6.74. The first-order valence-corrected chi connectivity index (χ1v) is 5.40. The van der Waals surface area contributed by atoms with E-state index in [0.717, 1.165) is 29.5 Å². The molecule has 1 rings (SSSR count). The summed E-state index contributed by atoms with van der Waals surface area (Å²) in [4.78, 5) is 8.12. The van der Waals surface area contributed by atoms with E-state index >= 15 is 0 Å². The molecule has 1 aromatic rings. The molecule has 2 nitrogen and oxygen atoms in total. The van der Waals surface area contributed by atoms with E-state index in [1.54, 1.807) is 30.4 Å². The molecule has 0 bridgehead atoms. The highest BCUT2D eigenvalue weighted by atomic mass is 35.5. The van der Waals surface area contributed by atoms with Crippen LogP contribution in [-0.2, 0) is 0 Å². The Kier molecular flexibility index (Phi) is 5.11. The monoisotopic (exact) mass is 202 g/mol. The lowest BCUT2D eigenvalue weighted by Gasteiger charge is -1.97. The first-order chi connectivity index (χ1) is 5.93. The Hall–Kier alpha value is -0.280. The Morgan fingerprint density at radius 3 is 2.92 bits per heavy atom. The molecule has 66 valence electrons. The molecule has 0 aliphatic rings. The van der Waals surface area contributed by atoms with Gasteiger partial charge in [-0.25, -0.2) is 4.98 Å². The average molecular weight is 203 g/mol. The van der Waals surface area contributed by atoms with Gasteiger partial charge in [0.1, 0.15) is 5.03 Å². The number of halogens is 1. The maximum atomic E-state index is 5.55. The number of alkyl halides is 1. The lowest BCUT2D eigenvalue weighted by molar-refractivity contribution is 0.900. The zero-order chi connectivity index (χ0) is 8.65. The van der Waals surface area contributed by atoms with Gasteiger partial charge in [-0.2, -0.15) is 0 Å². The third kappa shape index (κ3) is 3.93. The van der Waals surface area contributed by atoms with Gasteiger partial charge in [-0.1, -0.05) is 0 Å². The molecule has 1 heterocycles. The first-order valence-electron chi connectivity index (χ1n) is 3.88. The van der Waals surface area contributed by atoms with Gasteiger partial charge in [-0.15, -0.1) is 23.4 Å². The van der Waals surface area contributed by atoms with Crippen molar-refractivity contribution in [2.45, 2.75) is 17.9 Å². The van der Waals surface area contributed by atoms with Crippen molar-refractivity contribution >= 4 is 23.4 Å². The van der Waals surface area contributed by atoms with Gasteiger partial charge in [-0.05, 0) is 18.6 Å². The summed E-state index contributed by atoms with van der Waals surface area (Å²) < 4.78 is 0. The zero-order valence-corrected chi connectivity index (χ0v) is 8.31. The molecular weight excluding hydrogens is 192 g/mol. The molecule has 1 aromatic heterocycles. The number of aromatic nitrogens is 2. The molecule has 0 aliphatic heterocycles. The van der Waals surface area contributed by atoms with Crippen LogP contribution in [0.2, 0.25) is 0 Å². The van der Waals surface area contributed by atoms with E-state index in [-0.39, 0.29) is 0 Å². The van der Waals surface area contributed by atoms with Crippen molar-refractivity contribution in [3.05, 3.63) is 18.6 Å². The SMILES string of the molecule is ClCCCCSc1cnccn1. The van der Waals surface area contributed by atoms with Gasteiger partial charge < -0.3 is 0 Å². The van der Waals surface area contributed by atoms with Crippen LogP contribution in [-0.4, -0.2) is 21.6 Å². The Morgan fingerprint density at radius 2 is 2.25 bits per heavy atom. The lowest BCUT2D eigenvalue weighted by atomic mass is 10.4. The van der Waals surface area contributed by atoms with Gasteiger partial charge >= 0.3 is 0 Å². The fourth-order valence-corrected chi connectivity index (χ4v) is 1.75.